The number of rotatable bonds is 5. The number of piperidine rings is 1. The Bertz CT molecular complexity index is 587. The summed E-state index contributed by atoms with van der Waals surface area (Å²) in [5.74, 6) is 1.58. The van der Waals surface area contributed by atoms with Crippen LogP contribution in [-0.4, -0.2) is 79.6 Å². The first-order chi connectivity index (χ1) is 13.0. The third kappa shape index (κ3) is 4.36. The van der Waals surface area contributed by atoms with E-state index in [-0.39, 0.29) is 17.9 Å². The van der Waals surface area contributed by atoms with E-state index >= 15 is 0 Å². The molecule has 0 bridgehead atoms. The molecule has 152 valence electrons. The van der Waals surface area contributed by atoms with Crippen LogP contribution in [0.1, 0.15) is 39.5 Å². The monoisotopic (exact) mass is 378 g/mol. The van der Waals surface area contributed by atoms with Crippen LogP contribution >= 0.6 is 0 Å². The fraction of sp³-hybridized carbons (Fsp3) is 0.842. The maximum absolute atomic E-state index is 12.2. The number of nitrogens with one attached hydrogen (secondary N) is 3. The van der Waals surface area contributed by atoms with Crippen LogP contribution in [0.15, 0.2) is 4.99 Å². The lowest BCUT2D eigenvalue weighted by Crippen LogP contribution is -2.55. The summed E-state index contributed by atoms with van der Waals surface area (Å²) in [6, 6.07) is -0.379. The van der Waals surface area contributed by atoms with Gasteiger partial charge in [0.05, 0.1) is 0 Å². The summed E-state index contributed by atoms with van der Waals surface area (Å²) < 4.78 is 0. The van der Waals surface area contributed by atoms with Crippen LogP contribution in [-0.2, 0) is 4.79 Å². The number of urea groups is 1. The largest absolute Gasteiger partial charge is 0.356 e. The topological polar surface area (TPSA) is 89.1 Å². The second-order valence-electron chi connectivity index (χ2n) is 8.26. The van der Waals surface area contributed by atoms with Crippen molar-refractivity contribution in [3.8, 4) is 0 Å². The molecule has 0 aliphatic carbocycles. The lowest BCUT2D eigenvalue weighted by Gasteiger charge is -2.39. The van der Waals surface area contributed by atoms with Gasteiger partial charge in [0, 0.05) is 33.2 Å². The zero-order valence-corrected chi connectivity index (χ0v) is 16.9. The van der Waals surface area contributed by atoms with Crippen LogP contribution in [0.3, 0.4) is 0 Å². The molecule has 3 amide bonds. The number of carbonyl (C=O) groups is 2. The number of aliphatic imine (C=N–C) groups is 1. The first kappa shape index (κ1) is 19.9. The predicted molar refractivity (Wildman–Crippen MR) is 106 cm³/mol. The summed E-state index contributed by atoms with van der Waals surface area (Å²) in [6.45, 7) is 10.3. The van der Waals surface area contributed by atoms with E-state index in [2.05, 4.69) is 37.7 Å². The van der Waals surface area contributed by atoms with Crippen molar-refractivity contribution in [1.29, 1.82) is 0 Å². The Kier molecular flexibility index (Phi) is 6.24. The Balaban J connectivity index is 1.47. The van der Waals surface area contributed by atoms with Crippen molar-refractivity contribution in [1.82, 2.24) is 25.8 Å². The Morgan fingerprint density at radius 1 is 1.26 bits per heavy atom. The molecule has 3 fully saturated rings. The average Bonchev–Trinajstić information content (AvgIpc) is 3.20. The van der Waals surface area contributed by atoms with Crippen molar-refractivity contribution in [3.05, 3.63) is 0 Å². The maximum atomic E-state index is 12.2. The fourth-order valence-electron chi connectivity index (χ4n) is 4.68. The number of amides is 3. The van der Waals surface area contributed by atoms with E-state index < -0.39 is 5.54 Å². The number of likely N-dealkylation sites (tertiary alicyclic amines) is 2. The number of guanidine groups is 1. The van der Waals surface area contributed by atoms with Crippen LogP contribution in [0.25, 0.3) is 0 Å². The highest BCUT2D eigenvalue weighted by atomic mass is 16.2. The molecule has 3 heterocycles. The summed E-state index contributed by atoms with van der Waals surface area (Å²) in [5.41, 5.74) is -0.785. The van der Waals surface area contributed by atoms with E-state index in [9.17, 15) is 9.59 Å². The van der Waals surface area contributed by atoms with Crippen LogP contribution in [0.5, 0.6) is 0 Å². The highest BCUT2D eigenvalue weighted by molar-refractivity contribution is 6.07. The molecule has 0 spiro atoms. The van der Waals surface area contributed by atoms with Crippen molar-refractivity contribution >= 4 is 17.9 Å². The molecular weight excluding hydrogens is 344 g/mol. The Morgan fingerprint density at radius 2 is 2.00 bits per heavy atom. The first-order valence-corrected chi connectivity index (χ1v) is 10.3. The number of hydrogen-bond donors (Lipinski definition) is 3. The summed E-state index contributed by atoms with van der Waals surface area (Å²) in [6.07, 6.45) is 4.19. The molecule has 0 radical (unpaired) electrons. The van der Waals surface area contributed by atoms with Crippen molar-refractivity contribution < 1.29 is 9.59 Å². The highest BCUT2D eigenvalue weighted by Crippen LogP contribution is 2.30. The zero-order chi connectivity index (χ0) is 19.4. The van der Waals surface area contributed by atoms with Crippen LogP contribution in [0.4, 0.5) is 4.79 Å². The standard InChI is InChI=1S/C19H34N6O2/c1-4-8-24-9-5-14(13-24)12-21-17(20-3)25-10-6-15(7-11-25)19(2)16(26)22-18(27)23-19/h14-15H,4-13H2,1-3H3,(H,20,21)(H2,22,23,26,27). The normalized spacial score (nSPS) is 30.6. The van der Waals surface area contributed by atoms with Crippen LogP contribution in [0.2, 0.25) is 0 Å². The van der Waals surface area contributed by atoms with Gasteiger partial charge < -0.3 is 20.4 Å². The van der Waals surface area contributed by atoms with Gasteiger partial charge in [-0.2, -0.15) is 0 Å². The van der Waals surface area contributed by atoms with Crippen molar-refractivity contribution in [2.75, 3.05) is 46.3 Å². The molecule has 8 nitrogen and oxygen atoms in total. The summed E-state index contributed by atoms with van der Waals surface area (Å²) >= 11 is 0. The van der Waals surface area contributed by atoms with E-state index in [0.29, 0.717) is 5.92 Å². The SMILES string of the molecule is CCCN1CCC(CNC(=NC)N2CCC(C3(C)NC(=O)NC3=O)CC2)C1. The van der Waals surface area contributed by atoms with Crippen molar-refractivity contribution in [3.63, 3.8) is 0 Å². The second-order valence-corrected chi connectivity index (χ2v) is 8.26. The van der Waals surface area contributed by atoms with E-state index in [4.69, 9.17) is 0 Å². The van der Waals surface area contributed by atoms with Crippen LogP contribution < -0.4 is 16.0 Å². The van der Waals surface area contributed by atoms with E-state index in [0.717, 1.165) is 38.4 Å². The minimum absolute atomic E-state index is 0.149. The smallest absolute Gasteiger partial charge is 0.322 e. The van der Waals surface area contributed by atoms with Crippen molar-refractivity contribution in [2.24, 2.45) is 16.8 Å². The lowest BCUT2D eigenvalue weighted by molar-refractivity contribution is -0.125. The molecule has 3 aliphatic rings. The Morgan fingerprint density at radius 3 is 2.59 bits per heavy atom. The first-order valence-electron chi connectivity index (χ1n) is 10.3. The molecule has 3 saturated heterocycles. The molecule has 0 saturated carbocycles. The second kappa shape index (κ2) is 8.46. The number of carbonyl (C=O) groups excluding carboxylic acids is 2. The Hall–Kier alpha value is -1.83. The number of nitrogens with zero attached hydrogens (tertiary/aromatic N) is 3. The summed E-state index contributed by atoms with van der Waals surface area (Å²) in [5, 5.41) is 8.74. The molecular formula is C19H34N6O2. The van der Waals surface area contributed by atoms with Gasteiger partial charge >= 0.3 is 6.03 Å². The maximum Gasteiger partial charge on any atom is 0.322 e. The minimum atomic E-state index is -0.785. The molecule has 0 aromatic carbocycles. The Labute approximate surface area is 162 Å². The minimum Gasteiger partial charge on any atom is -0.356 e. The quantitative estimate of drug-likeness (QED) is 0.370. The molecule has 0 aromatic heterocycles. The zero-order valence-electron chi connectivity index (χ0n) is 16.9. The van der Waals surface area contributed by atoms with Gasteiger partial charge in [0.15, 0.2) is 5.96 Å². The lowest BCUT2D eigenvalue weighted by atomic mass is 9.79. The molecule has 3 aliphatic heterocycles. The molecule has 2 unspecified atom stereocenters. The van der Waals surface area contributed by atoms with E-state index in [1.165, 1.54) is 32.5 Å². The van der Waals surface area contributed by atoms with Gasteiger partial charge in [0.2, 0.25) is 0 Å². The molecule has 3 rings (SSSR count). The fourth-order valence-corrected chi connectivity index (χ4v) is 4.68. The molecule has 27 heavy (non-hydrogen) atoms. The third-order valence-corrected chi connectivity index (χ3v) is 6.35. The molecule has 8 heteroatoms. The summed E-state index contributed by atoms with van der Waals surface area (Å²) in [4.78, 5) is 33.0. The van der Waals surface area contributed by atoms with Gasteiger partial charge in [-0.15, -0.1) is 0 Å². The van der Waals surface area contributed by atoms with E-state index in [1.54, 1.807) is 0 Å². The predicted octanol–water partition coefficient (Wildman–Crippen LogP) is 0.604. The van der Waals surface area contributed by atoms with Gasteiger partial charge in [-0.3, -0.25) is 15.1 Å². The van der Waals surface area contributed by atoms with Gasteiger partial charge in [0.25, 0.3) is 5.91 Å². The highest BCUT2D eigenvalue weighted by Gasteiger charge is 2.48. The molecule has 3 N–H and O–H groups in total. The molecule has 0 aromatic rings. The molecule has 2 atom stereocenters. The third-order valence-electron chi connectivity index (χ3n) is 6.35. The number of hydrogen-bond acceptors (Lipinski definition) is 4. The van der Waals surface area contributed by atoms with Gasteiger partial charge in [-0.1, -0.05) is 6.92 Å². The van der Waals surface area contributed by atoms with Crippen molar-refractivity contribution in [2.45, 2.75) is 45.1 Å². The number of imide groups is 1. The van der Waals surface area contributed by atoms with E-state index in [1.807, 2.05) is 14.0 Å². The van der Waals surface area contributed by atoms with Crippen LogP contribution in [0, 0.1) is 11.8 Å². The van der Waals surface area contributed by atoms with Gasteiger partial charge in [-0.05, 0) is 57.5 Å². The van der Waals surface area contributed by atoms with Gasteiger partial charge in [-0.25, -0.2) is 4.79 Å². The average molecular weight is 379 g/mol. The van der Waals surface area contributed by atoms with Gasteiger partial charge in [0.1, 0.15) is 5.54 Å². The summed E-state index contributed by atoms with van der Waals surface area (Å²) in [7, 11) is 1.83.